The Morgan fingerprint density at radius 3 is 2.00 bits per heavy atom. The second-order valence-corrected chi connectivity index (χ2v) is 3.23. The lowest BCUT2D eigenvalue weighted by Crippen LogP contribution is -2.30. The van der Waals surface area contributed by atoms with Gasteiger partial charge in [0.05, 0.1) is 6.04 Å². The molecule has 0 aromatic carbocycles. The summed E-state index contributed by atoms with van der Waals surface area (Å²) in [6, 6.07) is 0.259. The zero-order valence-electron chi connectivity index (χ0n) is 9.58. The molecule has 0 amide bonds. The van der Waals surface area contributed by atoms with E-state index in [-0.39, 0.29) is 6.04 Å². The maximum atomic E-state index is 10.4. The highest BCUT2D eigenvalue weighted by atomic mass is 16.1. The standard InChI is InChI=1S/C7H11NO.2C2H6/c1-8-3-5-2-6(5)7(8)4-9;2*1-2/h4-7H,2-3H2,1H3;2*1-2H3. The van der Waals surface area contributed by atoms with Gasteiger partial charge >= 0.3 is 0 Å². The van der Waals surface area contributed by atoms with Crippen molar-refractivity contribution in [3.63, 3.8) is 0 Å². The molecule has 2 fully saturated rings. The molecular formula is C11H23NO. The third kappa shape index (κ3) is 2.80. The Hall–Kier alpha value is -0.370. The van der Waals surface area contributed by atoms with Gasteiger partial charge in [-0.05, 0) is 25.3 Å². The second-order valence-electron chi connectivity index (χ2n) is 3.23. The first-order chi connectivity index (χ1) is 6.33. The summed E-state index contributed by atoms with van der Waals surface area (Å²) in [4.78, 5) is 12.6. The lowest BCUT2D eigenvalue weighted by atomic mass is 10.2. The third-order valence-corrected chi connectivity index (χ3v) is 2.59. The van der Waals surface area contributed by atoms with Gasteiger partial charge in [-0.2, -0.15) is 0 Å². The maximum Gasteiger partial charge on any atom is 0.137 e. The minimum atomic E-state index is 0.259. The summed E-state index contributed by atoms with van der Waals surface area (Å²) in [5, 5.41) is 0. The first-order valence-corrected chi connectivity index (χ1v) is 5.48. The van der Waals surface area contributed by atoms with Crippen LogP contribution in [0.4, 0.5) is 0 Å². The lowest BCUT2D eigenvalue weighted by Gasteiger charge is -2.15. The van der Waals surface area contributed by atoms with E-state index in [1.165, 1.54) is 6.42 Å². The van der Waals surface area contributed by atoms with Gasteiger partial charge in [0.25, 0.3) is 0 Å². The van der Waals surface area contributed by atoms with Crippen LogP contribution in [0.1, 0.15) is 34.1 Å². The van der Waals surface area contributed by atoms with Gasteiger partial charge in [0.15, 0.2) is 0 Å². The molecule has 0 aromatic heterocycles. The van der Waals surface area contributed by atoms with E-state index in [9.17, 15) is 4.79 Å². The van der Waals surface area contributed by atoms with E-state index in [1.54, 1.807) is 0 Å². The predicted octanol–water partition coefficient (Wildman–Crippen LogP) is 2.19. The number of hydrogen-bond acceptors (Lipinski definition) is 2. The van der Waals surface area contributed by atoms with Crippen LogP contribution >= 0.6 is 0 Å². The number of aldehydes is 1. The first-order valence-electron chi connectivity index (χ1n) is 5.48. The molecule has 1 heterocycles. The Morgan fingerprint density at radius 1 is 1.23 bits per heavy atom. The predicted molar refractivity (Wildman–Crippen MR) is 56.8 cm³/mol. The zero-order valence-corrected chi connectivity index (χ0v) is 9.58. The molecule has 1 saturated heterocycles. The zero-order chi connectivity index (χ0) is 10.4. The number of fused-ring (bicyclic) bond motifs is 1. The van der Waals surface area contributed by atoms with E-state index >= 15 is 0 Å². The summed E-state index contributed by atoms with van der Waals surface area (Å²) in [7, 11) is 2.03. The average Bonchev–Trinajstić information content (AvgIpc) is 2.86. The van der Waals surface area contributed by atoms with Crippen molar-refractivity contribution in [2.75, 3.05) is 13.6 Å². The SMILES string of the molecule is CC.CC.CN1CC2CC2C1C=O. The minimum Gasteiger partial charge on any atom is -0.302 e. The largest absolute Gasteiger partial charge is 0.302 e. The van der Waals surface area contributed by atoms with E-state index in [1.807, 2.05) is 34.7 Å². The summed E-state index contributed by atoms with van der Waals surface area (Å²) < 4.78 is 0. The van der Waals surface area contributed by atoms with Crippen molar-refractivity contribution in [2.45, 2.75) is 40.2 Å². The molecule has 2 rings (SSSR count). The summed E-state index contributed by atoms with van der Waals surface area (Å²) >= 11 is 0. The van der Waals surface area contributed by atoms with Crippen LogP contribution in [0, 0.1) is 11.8 Å². The molecule has 1 saturated carbocycles. The molecule has 78 valence electrons. The Labute approximate surface area is 82.3 Å². The summed E-state index contributed by atoms with van der Waals surface area (Å²) in [6.07, 6.45) is 2.39. The Kier molecular flexibility index (Phi) is 5.97. The molecular weight excluding hydrogens is 162 g/mol. The molecule has 1 aliphatic heterocycles. The van der Waals surface area contributed by atoms with Crippen LogP contribution in [0.25, 0.3) is 0 Å². The van der Waals surface area contributed by atoms with Crippen molar-refractivity contribution < 1.29 is 4.79 Å². The maximum absolute atomic E-state index is 10.4. The fraction of sp³-hybridized carbons (Fsp3) is 0.909. The van der Waals surface area contributed by atoms with Gasteiger partial charge in [-0.1, -0.05) is 27.7 Å². The molecule has 3 unspecified atom stereocenters. The lowest BCUT2D eigenvalue weighted by molar-refractivity contribution is -0.111. The molecule has 3 atom stereocenters. The molecule has 0 bridgehead atoms. The number of hydrogen-bond donors (Lipinski definition) is 0. The molecule has 0 N–H and O–H groups in total. The number of carbonyl (C=O) groups excluding carboxylic acids is 1. The van der Waals surface area contributed by atoms with E-state index in [0.29, 0.717) is 0 Å². The van der Waals surface area contributed by atoms with E-state index in [2.05, 4.69) is 4.90 Å². The highest BCUT2D eigenvalue weighted by Crippen LogP contribution is 2.47. The van der Waals surface area contributed by atoms with Crippen LogP contribution < -0.4 is 0 Å². The van der Waals surface area contributed by atoms with Gasteiger partial charge in [0.2, 0.25) is 0 Å². The molecule has 0 radical (unpaired) electrons. The first kappa shape index (κ1) is 12.6. The Balaban J connectivity index is 0.000000322. The van der Waals surface area contributed by atoms with Crippen molar-refractivity contribution in [1.29, 1.82) is 0 Å². The topological polar surface area (TPSA) is 20.3 Å². The van der Waals surface area contributed by atoms with Gasteiger partial charge in [0, 0.05) is 6.54 Å². The molecule has 13 heavy (non-hydrogen) atoms. The smallest absolute Gasteiger partial charge is 0.137 e. The van der Waals surface area contributed by atoms with E-state index in [4.69, 9.17) is 0 Å². The molecule has 2 heteroatoms. The second kappa shape index (κ2) is 6.14. The van der Waals surface area contributed by atoms with E-state index < -0.39 is 0 Å². The highest BCUT2D eigenvalue weighted by molar-refractivity contribution is 5.60. The molecule has 2 nitrogen and oxygen atoms in total. The van der Waals surface area contributed by atoms with Crippen molar-refractivity contribution in [3.05, 3.63) is 0 Å². The fourth-order valence-corrected chi connectivity index (χ4v) is 1.92. The van der Waals surface area contributed by atoms with Crippen molar-refractivity contribution >= 4 is 6.29 Å². The molecule has 1 aliphatic carbocycles. The van der Waals surface area contributed by atoms with Crippen LogP contribution in [0.2, 0.25) is 0 Å². The summed E-state index contributed by atoms with van der Waals surface area (Å²) in [6.45, 7) is 9.15. The quantitative estimate of drug-likeness (QED) is 0.584. The minimum absolute atomic E-state index is 0.259. The normalized spacial score (nSPS) is 34.7. The summed E-state index contributed by atoms with van der Waals surface area (Å²) in [5.74, 6) is 1.60. The van der Waals surface area contributed by atoms with E-state index in [0.717, 1.165) is 24.7 Å². The van der Waals surface area contributed by atoms with Crippen molar-refractivity contribution in [1.82, 2.24) is 4.90 Å². The molecule has 0 spiro atoms. The number of nitrogens with zero attached hydrogens (tertiary/aromatic N) is 1. The molecule has 2 aliphatic rings. The average molecular weight is 185 g/mol. The number of piperidine rings is 1. The van der Waals surface area contributed by atoms with Gasteiger partial charge in [-0.25, -0.2) is 0 Å². The number of rotatable bonds is 1. The van der Waals surface area contributed by atoms with Gasteiger partial charge in [-0.15, -0.1) is 0 Å². The highest BCUT2D eigenvalue weighted by Gasteiger charge is 2.50. The van der Waals surface area contributed by atoms with Crippen LogP contribution in [0.15, 0.2) is 0 Å². The Morgan fingerprint density at radius 2 is 1.77 bits per heavy atom. The summed E-state index contributed by atoms with van der Waals surface area (Å²) in [5.41, 5.74) is 0. The van der Waals surface area contributed by atoms with Crippen LogP contribution in [0.3, 0.4) is 0 Å². The van der Waals surface area contributed by atoms with Gasteiger partial charge in [-0.3, -0.25) is 4.90 Å². The number of likely N-dealkylation sites (N-methyl/N-ethyl adjacent to an activating group) is 1. The Bertz CT molecular complexity index is 145. The third-order valence-electron chi connectivity index (χ3n) is 2.59. The van der Waals surface area contributed by atoms with Crippen molar-refractivity contribution in [2.24, 2.45) is 11.8 Å². The van der Waals surface area contributed by atoms with Crippen LogP contribution in [-0.2, 0) is 4.79 Å². The number of likely N-dealkylation sites (tertiary alicyclic amines) is 1. The number of carbonyl (C=O) groups is 1. The van der Waals surface area contributed by atoms with Crippen LogP contribution in [0.5, 0.6) is 0 Å². The monoisotopic (exact) mass is 185 g/mol. The van der Waals surface area contributed by atoms with Gasteiger partial charge in [0.1, 0.15) is 6.29 Å². The molecule has 0 aromatic rings. The van der Waals surface area contributed by atoms with Crippen molar-refractivity contribution in [3.8, 4) is 0 Å². The fourth-order valence-electron chi connectivity index (χ4n) is 1.92. The van der Waals surface area contributed by atoms with Crippen LogP contribution in [-0.4, -0.2) is 30.8 Å². The van der Waals surface area contributed by atoms with Gasteiger partial charge < -0.3 is 4.79 Å².